The monoisotopic (exact) mass is 336 g/mol. The number of rotatable bonds is 7. The third-order valence-electron chi connectivity index (χ3n) is 2.60. The van der Waals surface area contributed by atoms with E-state index in [1.54, 1.807) is 30.3 Å². The maximum atomic E-state index is 12.1. The predicted molar refractivity (Wildman–Crippen MR) is 76.4 cm³/mol. The van der Waals surface area contributed by atoms with Crippen LogP contribution in [0.1, 0.15) is 12.0 Å². The molecule has 9 heteroatoms. The Morgan fingerprint density at radius 2 is 1.86 bits per heavy atom. The molecule has 122 valence electrons. The average Bonchev–Trinajstić information content (AvgIpc) is 2.43. The van der Waals surface area contributed by atoms with Crippen LogP contribution in [0.15, 0.2) is 30.3 Å². The van der Waals surface area contributed by atoms with Gasteiger partial charge in [-0.3, -0.25) is 4.79 Å². The zero-order chi connectivity index (χ0) is 16.6. The number of thioether (sulfide) groups is 1. The van der Waals surface area contributed by atoms with Crippen LogP contribution in [-0.4, -0.2) is 34.4 Å². The number of carbonyl (C=O) groups excluding carboxylic acids is 1. The van der Waals surface area contributed by atoms with E-state index in [0.717, 1.165) is 5.56 Å². The van der Waals surface area contributed by atoms with E-state index in [2.05, 4.69) is 5.32 Å². The Hall–Kier alpha value is -1.90. The zero-order valence-corrected chi connectivity index (χ0v) is 12.2. The van der Waals surface area contributed by atoms with Crippen molar-refractivity contribution in [3.8, 4) is 0 Å². The lowest BCUT2D eigenvalue weighted by atomic mass is 10.2. The first-order valence-electron chi connectivity index (χ1n) is 6.29. The molecule has 0 saturated heterocycles. The smallest absolute Gasteiger partial charge is 0.441 e. The van der Waals surface area contributed by atoms with Gasteiger partial charge in [0.25, 0.3) is 0 Å². The number of hydrogen-bond donors (Lipinski definition) is 3. The van der Waals surface area contributed by atoms with Crippen molar-refractivity contribution in [1.82, 2.24) is 10.6 Å². The topological polar surface area (TPSA) is 78.4 Å². The molecule has 1 unspecified atom stereocenters. The van der Waals surface area contributed by atoms with Crippen LogP contribution in [0.25, 0.3) is 0 Å². The minimum atomic E-state index is -4.41. The van der Waals surface area contributed by atoms with E-state index < -0.39 is 29.3 Å². The van der Waals surface area contributed by atoms with Gasteiger partial charge in [0.1, 0.15) is 6.04 Å². The highest BCUT2D eigenvalue weighted by Gasteiger charge is 2.29. The summed E-state index contributed by atoms with van der Waals surface area (Å²) < 4.78 is 36.2. The van der Waals surface area contributed by atoms with Crippen molar-refractivity contribution in [2.75, 3.05) is 5.75 Å². The Labute approximate surface area is 129 Å². The van der Waals surface area contributed by atoms with Gasteiger partial charge in [0.05, 0.1) is 0 Å². The molecule has 1 aromatic rings. The van der Waals surface area contributed by atoms with Crippen molar-refractivity contribution in [1.29, 1.82) is 0 Å². The number of halogens is 3. The van der Waals surface area contributed by atoms with Gasteiger partial charge in [-0.25, -0.2) is 4.79 Å². The Morgan fingerprint density at radius 3 is 2.41 bits per heavy atom. The van der Waals surface area contributed by atoms with Gasteiger partial charge in [0, 0.05) is 12.3 Å². The van der Waals surface area contributed by atoms with Crippen LogP contribution in [0, 0.1) is 0 Å². The van der Waals surface area contributed by atoms with Gasteiger partial charge in [0.2, 0.25) is 5.91 Å². The van der Waals surface area contributed by atoms with Crippen molar-refractivity contribution < 1.29 is 27.9 Å². The first kappa shape index (κ1) is 18.1. The molecule has 0 saturated carbocycles. The highest BCUT2D eigenvalue weighted by molar-refractivity contribution is 8.00. The summed E-state index contributed by atoms with van der Waals surface area (Å²) in [5, 5.41) is 13.1. The van der Waals surface area contributed by atoms with Gasteiger partial charge in [-0.2, -0.15) is 13.2 Å². The van der Waals surface area contributed by atoms with Gasteiger partial charge in [-0.15, -0.1) is 0 Å². The molecule has 0 aliphatic heterocycles. The number of amides is 2. The first-order valence-corrected chi connectivity index (χ1v) is 7.28. The molecule has 0 heterocycles. The van der Waals surface area contributed by atoms with Crippen molar-refractivity contribution in [3.63, 3.8) is 0 Å². The van der Waals surface area contributed by atoms with Crippen molar-refractivity contribution in [2.24, 2.45) is 0 Å². The standard InChI is InChI=1S/C13H15F3N2O3S/c14-13(15,16)22-7-6-10(18-12(20)21)11(19)17-8-9-4-2-1-3-5-9/h1-5,10,18H,6-8H2,(H,17,19)(H,20,21). The Kier molecular flexibility index (Phi) is 7.03. The second kappa shape index (κ2) is 8.52. The van der Waals surface area contributed by atoms with Crippen molar-refractivity contribution in [3.05, 3.63) is 35.9 Å². The van der Waals surface area contributed by atoms with E-state index in [-0.39, 0.29) is 24.7 Å². The molecule has 5 nitrogen and oxygen atoms in total. The fourth-order valence-corrected chi connectivity index (χ4v) is 2.20. The van der Waals surface area contributed by atoms with Crippen LogP contribution >= 0.6 is 11.8 Å². The van der Waals surface area contributed by atoms with Gasteiger partial charge in [-0.1, -0.05) is 42.1 Å². The second-order valence-corrected chi connectivity index (χ2v) is 5.45. The molecule has 22 heavy (non-hydrogen) atoms. The van der Waals surface area contributed by atoms with E-state index in [4.69, 9.17) is 5.11 Å². The number of hydrogen-bond acceptors (Lipinski definition) is 3. The molecule has 0 aliphatic carbocycles. The predicted octanol–water partition coefficient (Wildman–Crippen LogP) is 2.58. The summed E-state index contributed by atoms with van der Waals surface area (Å²) in [4.78, 5) is 22.5. The Bertz CT molecular complexity index is 497. The number of carboxylic acid groups (broad SMARTS) is 1. The van der Waals surface area contributed by atoms with Crippen LogP contribution in [-0.2, 0) is 11.3 Å². The minimum Gasteiger partial charge on any atom is -0.465 e. The highest BCUT2D eigenvalue weighted by atomic mass is 32.2. The van der Waals surface area contributed by atoms with Gasteiger partial charge in [0.15, 0.2) is 0 Å². The quantitative estimate of drug-likeness (QED) is 0.715. The fourth-order valence-electron chi connectivity index (χ4n) is 1.62. The number of benzene rings is 1. The SMILES string of the molecule is O=C(O)NC(CCSC(F)(F)F)C(=O)NCc1ccccc1. The molecule has 3 N–H and O–H groups in total. The average molecular weight is 336 g/mol. The van der Waals surface area contributed by atoms with Crippen molar-refractivity contribution in [2.45, 2.75) is 24.5 Å². The van der Waals surface area contributed by atoms with Gasteiger partial charge < -0.3 is 15.7 Å². The normalized spacial score (nSPS) is 12.5. The summed E-state index contributed by atoms with van der Waals surface area (Å²) in [6.07, 6.45) is -1.71. The molecule has 1 rings (SSSR count). The zero-order valence-electron chi connectivity index (χ0n) is 11.4. The van der Waals surface area contributed by atoms with E-state index in [1.807, 2.05) is 5.32 Å². The second-order valence-electron chi connectivity index (χ2n) is 4.29. The molecule has 0 spiro atoms. The Morgan fingerprint density at radius 1 is 1.23 bits per heavy atom. The maximum absolute atomic E-state index is 12.1. The third kappa shape index (κ3) is 7.77. The highest BCUT2D eigenvalue weighted by Crippen LogP contribution is 2.30. The molecule has 0 bridgehead atoms. The van der Waals surface area contributed by atoms with E-state index in [1.165, 1.54) is 0 Å². The van der Waals surface area contributed by atoms with Crippen molar-refractivity contribution >= 4 is 23.8 Å². The van der Waals surface area contributed by atoms with Crippen LogP contribution in [0.4, 0.5) is 18.0 Å². The Balaban J connectivity index is 2.50. The largest absolute Gasteiger partial charge is 0.465 e. The van der Waals surface area contributed by atoms with Crippen LogP contribution in [0.3, 0.4) is 0 Å². The van der Waals surface area contributed by atoms with E-state index in [0.29, 0.717) is 0 Å². The summed E-state index contributed by atoms with van der Waals surface area (Å²) in [5.74, 6) is -1.07. The van der Waals surface area contributed by atoms with Crippen LogP contribution in [0.5, 0.6) is 0 Å². The summed E-state index contributed by atoms with van der Waals surface area (Å²) in [5.41, 5.74) is -3.61. The fraction of sp³-hybridized carbons (Fsp3) is 0.385. The van der Waals surface area contributed by atoms with Crippen LogP contribution < -0.4 is 10.6 Å². The van der Waals surface area contributed by atoms with Gasteiger partial charge >= 0.3 is 11.6 Å². The molecule has 1 atom stereocenters. The van der Waals surface area contributed by atoms with Crippen LogP contribution in [0.2, 0.25) is 0 Å². The molecule has 0 radical (unpaired) electrons. The lowest BCUT2D eigenvalue weighted by Crippen LogP contribution is -2.46. The lowest BCUT2D eigenvalue weighted by Gasteiger charge is -2.17. The number of nitrogens with one attached hydrogen (secondary N) is 2. The number of carbonyl (C=O) groups is 2. The van der Waals surface area contributed by atoms with Gasteiger partial charge in [-0.05, 0) is 12.0 Å². The maximum Gasteiger partial charge on any atom is 0.441 e. The van der Waals surface area contributed by atoms with E-state index in [9.17, 15) is 22.8 Å². The minimum absolute atomic E-state index is 0.171. The molecule has 0 fully saturated rings. The molecule has 1 aromatic carbocycles. The lowest BCUT2D eigenvalue weighted by molar-refractivity contribution is -0.123. The molecule has 2 amide bonds. The first-order chi connectivity index (χ1) is 10.3. The summed E-state index contributed by atoms with van der Waals surface area (Å²) in [6, 6.07) is 7.65. The summed E-state index contributed by atoms with van der Waals surface area (Å²) in [7, 11) is 0. The molecular weight excluding hydrogens is 321 g/mol. The summed E-state index contributed by atoms with van der Waals surface area (Å²) >= 11 is -0.292. The molecule has 0 aliphatic rings. The third-order valence-corrected chi connectivity index (χ3v) is 3.36. The molecule has 0 aromatic heterocycles. The summed E-state index contributed by atoms with van der Waals surface area (Å²) in [6.45, 7) is 0.171. The van der Waals surface area contributed by atoms with E-state index >= 15 is 0 Å². The molecular formula is C13H15F3N2O3S. The number of alkyl halides is 3.